The minimum atomic E-state index is -0.0429. The summed E-state index contributed by atoms with van der Waals surface area (Å²) >= 11 is 1.56. The van der Waals surface area contributed by atoms with Crippen LogP contribution >= 0.6 is 36.2 Å². The number of rotatable bonds is 3. The largest absolute Gasteiger partial charge is 0.346 e. The molecule has 0 saturated carbocycles. The zero-order valence-electron chi connectivity index (χ0n) is 12.0. The third kappa shape index (κ3) is 4.88. The standard InChI is InChI=1S/C13H21N3OS.2ClH/c1-8(2)13-16-11(7-18-13)12(17)15-10-6-14-5-4-9(10)3;;/h7-10,14H,4-6H2,1-3H3,(H,15,17);2*1H. The van der Waals surface area contributed by atoms with Gasteiger partial charge in [-0.3, -0.25) is 4.79 Å². The second kappa shape index (κ2) is 8.82. The van der Waals surface area contributed by atoms with Gasteiger partial charge in [0.2, 0.25) is 0 Å². The molecule has 1 fully saturated rings. The molecule has 0 bridgehead atoms. The van der Waals surface area contributed by atoms with E-state index >= 15 is 0 Å². The number of hydrogen-bond donors (Lipinski definition) is 2. The summed E-state index contributed by atoms with van der Waals surface area (Å²) in [7, 11) is 0. The average Bonchev–Trinajstić information content (AvgIpc) is 2.81. The molecule has 20 heavy (non-hydrogen) atoms. The Kier molecular flexibility index (Phi) is 8.66. The zero-order valence-corrected chi connectivity index (χ0v) is 14.5. The predicted molar refractivity (Wildman–Crippen MR) is 88.6 cm³/mol. The first-order chi connectivity index (χ1) is 8.58. The third-order valence-electron chi connectivity index (χ3n) is 3.39. The van der Waals surface area contributed by atoms with Crippen molar-refractivity contribution in [3.8, 4) is 0 Å². The number of nitrogens with one attached hydrogen (secondary N) is 2. The molecular formula is C13H23Cl2N3OS. The minimum Gasteiger partial charge on any atom is -0.346 e. The SMILES string of the molecule is CC(C)c1nc(C(=O)NC2CNCCC2C)cs1.Cl.Cl. The molecule has 4 nitrogen and oxygen atoms in total. The van der Waals surface area contributed by atoms with E-state index in [0.29, 0.717) is 17.5 Å². The first-order valence-corrected chi connectivity index (χ1v) is 7.43. The van der Waals surface area contributed by atoms with E-state index in [1.807, 2.05) is 5.38 Å². The summed E-state index contributed by atoms with van der Waals surface area (Å²) in [5.74, 6) is 0.865. The van der Waals surface area contributed by atoms with E-state index in [2.05, 4.69) is 36.4 Å². The highest BCUT2D eigenvalue weighted by molar-refractivity contribution is 7.09. The maximum atomic E-state index is 12.1. The van der Waals surface area contributed by atoms with Crippen molar-refractivity contribution in [3.63, 3.8) is 0 Å². The van der Waals surface area contributed by atoms with Crippen LogP contribution in [0.5, 0.6) is 0 Å². The molecule has 2 N–H and O–H groups in total. The summed E-state index contributed by atoms with van der Waals surface area (Å²) in [4.78, 5) is 16.5. The van der Waals surface area contributed by atoms with Gasteiger partial charge in [0.15, 0.2) is 0 Å². The molecule has 1 saturated heterocycles. The molecule has 2 rings (SSSR count). The van der Waals surface area contributed by atoms with E-state index in [0.717, 1.165) is 24.5 Å². The van der Waals surface area contributed by atoms with Crippen molar-refractivity contribution in [2.24, 2.45) is 5.92 Å². The average molecular weight is 340 g/mol. The quantitative estimate of drug-likeness (QED) is 0.890. The van der Waals surface area contributed by atoms with Gasteiger partial charge in [-0.15, -0.1) is 36.2 Å². The van der Waals surface area contributed by atoms with Crippen molar-refractivity contribution in [2.75, 3.05) is 13.1 Å². The number of halogens is 2. The number of piperidine rings is 1. The maximum absolute atomic E-state index is 12.1. The van der Waals surface area contributed by atoms with Gasteiger partial charge in [0.1, 0.15) is 5.69 Å². The highest BCUT2D eigenvalue weighted by Crippen LogP contribution is 2.19. The minimum absolute atomic E-state index is 0. The maximum Gasteiger partial charge on any atom is 0.271 e. The first kappa shape index (κ1) is 19.6. The van der Waals surface area contributed by atoms with Crippen LogP contribution in [0, 0.1) is 5.92 Å². The van der Waals surface area contributed by atoms with Crippen LogP contribution in [-0.4, -0.2) is 30.0 Å². The van der Waals surface area contributed by atoms with Crippen molar-refractivity contribution in [2.45, 2.75) is 39.2 Å². The van der Waals surface area contributed by atoms with Crippen molar-refractivity contribution >= 4 is 42.1 Å². The van der Waals surface area contributed by atoms with Crippen LogP contribution in [0.15, 0.2) is 5.38 Å². The van der Waals surface area contributed by atoms with Gasteiger partial charge in [0.05, 0.1) is 5.01 Å². The monoisotopic (exact) mass is 339 g/mol. The molecule has 1 aromatic rings. The molecule has 0 aromatic carbocycles. The Hall–Kier alpha value is -0.360. The van der Waals surface area contributed by atoms with Gasteiger partial charge in [-0.1, -0.05) is 20.8 Å². The molecular weight excluding hydrogens is 317 g/mol. The van der Waals surface area contributed by atoms with Gasteiger partial charge in [-0.05, 0) is 18.9 Å². The van der Waals surface area contributed by atoms with Crippen LogP contribution in [0.25, 0.3) is 0 Å². The number of carbonyl (C=O) groups is 1. The Morgan fingerprint density at radius 2 is 2.20 bits per heavy atom. The number of carbonyl (C=O) groups excluding carboxylic acids is 1. The smallest absolute Gasteiger partial charge is 0.271 e. The Balaban J connectivity index is 0.00000180. The number of aromatic nitrogens is 1. The molecule has 1 aliphatic heterocycles. The lowest BCUT2D eigenvalue weighted by molar-refractivity contribution is 0.0910. The first-order valence-electron chi connectivity index (χ1n) is 6.55. The van der Waals surface area contributed by atoms with E-state index < -0.39 is 0 Å². The molecule has 1 amide bonds. The van der Waals surface area contributed by atoms with E-state index in [9.17, 15) is 4.79 Å². The molecule has 2 atom stereocenters. The van der Waals surface area contributed by atoms with E-state index in [-0.39, 0.29) is 36.8 Å². The zero-order chi connectivity index (χ0) is 13.1. The van der Waals surface area contributed by atoms with Gasteiger partial charge in [-0.2, -0.15) is 0 Å². The summed E-state index contributed by atoms with van der Waals surface area (Å²) in [5.41, 5.74) is 0.557. The lowest BCUT2D eigenvalue weighted by atomic mass is 9.95. The third-order valence-corrected chi connectivity index (χ3v) is 4.54. The summed E-state index contributed by atoms with van der Waals surface area (Å²) < 4.78 is 0. The molecule has 0 spiro atoms. The molecule has 2 unspecified atom stereocenters. The number of hydrogen-bond acceptors (Lipinski definition) is 4. The topological polar surface area (TPSA) is 54.0 Å². The van der Waals surface area contributed by atoms with Gasteiger partial charge in [-0.25, -0.2) is 4.98 Å². The van der Waals surface area contributed by atoms with Crippen molar-refractivity contribution in [3.05, 3.63) is 16.1 Å². The molecule has 116 valence electrons. The second-order valence-corrected chi connectivity index (χ2v) is 6.17. The molecule has 0 radical (unpaired) electrons. The lowest BCUT2D eigenvalue weighted by Gasteiger charge is -2.29. The van der Waals surface area contributed by atoms with E-state index in [1.165, 1.54) is 0 Å². The van der Waals surface area contributed by atoms with Gasteiger partial charge in [0, 0.05) is 23.9 Å². The highest BCUT2D eigenvalue weighted by Gasteiger charge is 2.24. The van der Waals surface area contributed by atoms with Crippen LogP contribution in [0.1, 0.15) is 48.6 Å². The second-order valence-electron chi connectivity index (χ2n) is 5.28. The van der Waals surface area contributed by atoms with E-state index in [4.69, 9.17) is 0 Å². The van der Waals surface area contributed by atoms with Crippen molar-refractivity contribution < 1.29 is 4.79 Å². The molecule has 2 heterocycles. The number of thiazole rings is 1. The Bertz CT molecular complexity index is 426. The molecule has 1 aromatic heterocycles. The van der Waals surface area contributed by atoms with Crippen LogP contribution < -0.4 is 10.6 Å². The Labute approximate surface area is 137 Å². The van der Waals surface area contributed by atoms with Crippen LogP contribution in [0.2, 0.25) is 0 Å². The lowest BCUT2D eigenvalue weighted by Crippen LogP contribution is -2.50. The molecule has 0 aliphatic carbocycles. The fraction of sp³-hybridized carbons (Fsp3) is 0.692. The number of nitrogens with zero attached hydrogens (tertiary/aromatic N) is 1. The molecule has 1 aliphatic rings. The van der Waals surface area contributed by atoms with E-state index in [1.54, 1.807) is 11.3 Å². The van der Waals surface area contributed by atoms with Gasteiger partial charge in [0.25, 0.3) is 5.91 Å². The van der Waals surface area contributed by atoms with Crippen LogP contribution in [0.4, 0.5) is 0 Å². The molecule has 7 heteroatoms. The summed E-state index contributed by atoms with van der Waals surface area (Å²) in [6, 6.07) is 0.218. The van der Waals surface area contributed by atoms with Gasteiger partial charge >= 0.3 is 0 Å². The van der Waals surface area contributed by atoms with Gasteiger partial charge < -0.3 is 10.6 Å². The van der Waals surface area contributed by atoms with Crippen LogP contribution in [0.3, 0.4) is 0 Å². The number of amides is 1. The summed E-state index contributed by atoms with van der Waals surface area (Å²) in [6.07, 6.45) is 1.11. The highest BCUT2D eigenvalue weighted by atomic mass is 35.5. The van der Waals surface area contributed by atoms with Crippen molar-refractivity contribution in [1.29, 1.82) is 0 Å². The normalized spacial score (nSPS) is 21.8. The predicted octanol–water partition coefficient (Wildman–Crippen LogP) is 2.84. The van der Waals surface area contributed by atoms with Crippen molar-refractivity contribution in [1.82, 2.24) is 15.6 Å². The fourth-order valence-corrected chi connectivity index (χ4v) is 2.90. The summed E-state index contributed by atoms with van der Waals surface area (Å²) in [5, 5.41) is 9.27. The Morgan fingerprint density at radius 3 is 2.75 bits per heavy atom. The fourth-order valence-electron chi connectivity index (χ4n) is 2.08. The van der Waals surface area contributed by atoms with Crippen LogP contribution in [-0.2, 0) is 0 Å². The summed E-state index contributed by atoms with van der Waals surface area (Å²) in [6.45, 7) is 8.27. The Morgan fingerprint density at radius 1 is 1.50 bits per heavy atom.